The number of rotatable bonds is 17. The van der Waals surface area contributed by atoms with Crippen molar-refractivity contribution in [1.29, 1.82) is 0 Å². The molecule has 2 aliphatic heterocycles. The van der Waals surface area contributed by atoms with Gasteiger partial charge in [-0.3, -0.25) is 0 Å². The zero-order valence-corrected chi connectivity index (χ0v) is 34.5. The zero-order chi connectivity index (χ0) is 39.8. The van der Waals surface area contributed by atoms with Crippen molar-refractivity contribution in [2.75, 3.05) is 46.9 Å². The Balaban J connectivity index is 0.000000173. The van der Waals surface area contributed by atoms with Crippen LogP contribution in [0.5, 0.6) is 11.5 Å². The number of methoxy groups -OCH3 is 2. The van der Waals surface area contributed by atoms with Gasteiger partial charge < -0.3 is 34.0 Å². The third kappa shape index (κ3) is 13.9. The molecule has 0 radical (unpaired) electrons. The first-order chi connectivity index (χ1) is 27.9. The molecular weight excluding hydrogens is 717 g/mol. The molecular formula is C46H62N6O5. The van der Waals surface area contributed by atoms with Gasteiger partial charge in [0.25, 0.3) is 0 Å². The number of aryl methyl sites for hydroxylation is 2. The molecule has 2 unspecified atom stereocenters. The molecule has 2 atom stereocenters. The highest BCUT2D eigenvalue weighted by atomic mass is 16.5. The molecule has 2 aromatic carbocycles. The summed E-state index contributed by atoms with van der Waals surface area (Å²) < 4.78 is 23.3. The second kappa shape index (κ2) is 22.0. The molecule has 2 aliphatic carbocycles. The largest absolute Gasteiger partial charge is 0.496 e. The van der Waals surface area contributed by atoms with Crippen LogP contribution in [0.2, 0.25) is 0 Å². The Kier molecular flexibility index (Phi) is 16.3. The molecule has 4 fully saturated rings. The minimum absolute atomic E-state index is 0.294. The Morgan fingerprint density at radius 1 is 0.737 bits per heavy atom. The Bertz CT molecular complexity index is 1840. The van der Waals surface area contributed by atoms with Crippen molar-refractivity contribution in [2.24, 2.45) is 11.8 Å². The molecule has 57 heavy (non-hydrogen) atoms. The lowest BCUT2D eigenvalue weighted by Gasteiger charge is -2.17. The first kappa shape index (κ1) is 42.3. The third-order valence-corrected chi connectivity index (χ3v) is 10.9. The van der Waals surface area contributed by atoms with Crippen molar-refractivity contribution in [3.63, 3.8) is 0 Å². The van der Waals surface area contributed by atoms with E-state index in [4.69, 9.17) is 18.9 Å². The molecule has 0 bridgehead atoms. The predicted molar refractivity (Wildman–Crippen MR) is 222 cm³/mol. The molecule has 4 aromatic rings. The van der Waals surface area contributed by atoms with Gasteiger partial charge in [-0.05, 0) is 111 Å². The number of benzene rings is 2. The fraction of sp³-hybridized carbons (Fsp3) is 0.543. The smallest absolute Gasteiger partial charge is 0.132 e. The lowest BCUT2D eigenvalue weighted by molar-refractivity contribution is -0.108. The van der Waals surface area contributed by atoms with Crippen molar-refractivity contribution < 1.29 is 23.7 Å². The van der Waals surface area contributed by atoms with Crippen molar-refractivity contribution in [1.82, 2.24) is 30.2 Å². The number of nitrogens with zero attached hydrogens (tertiary/aromatic N) is 5. The predicted octanol–water partition coefficient (Wildman–Crippen LogP) is 6.75. The van der Waals surface area contributed by atoms with E-state index in [1.54, 1.807) is 14.2 Å². The molecule has 8 rings (SSSR count). The van der Waals surface area contributed by atoms with Gasteiger partial charge in [-0.1, -0.05) is 26.0 Å². The van der Waals surface area contributed by atoms with Crippen LogP contribution in [0.1, 0.15) is 97.7 Å². The summed E-state index contributed by atoms with van der Waals surface area (Å²) in [5.74, 6) is 4.88. The van der Waals surface area contributed by atoms with E-state index < -0.39 is 0 Å². The first-order valence-electron chi connectivity index (χ1n) is 21.0. The van der Waals surface area contributed by atoms with Gasteiger partial charge in [0, 0.05) is 79.8 Å². The van der Waals surface area contributed by atoms with Gasteiger partial charge in [0.1, 0.15) is 29.4 Å². The van der Waals surface area contributed by atoms with Crippen LogP contribution in [0.3, 0.4) is 0 Å². The van der Waals surface area contributed by atoms with Gasteiger partial charge in [-0.15, -0.1) is 0 Å². The summed E-state index contributed by atoms with van der Waals surface area (Å²) in [6, 6.07) is 16.5. The third-order valence-electron chi connectivity index (χ3n) is 10.9. The van der Waals surface area contributed by atoms with E-state index in [2.05, 4.69) is 68.3 Å². The van der Waals surface area contributed by atoms with Gasteiger partial charge in [0.2, 0.25) is 0 Å². The summed E-state index contributed by atoms with van der Waals surface area (Å²) in [5.41, 5.74) is 6.70. The van der Waals surface area contributed by atoms with Crippen LogP contribution in [-0.4, -0.2) is 90.3 Å². The fourth-order valence-electron chi connectivity index (χ4n) is 7.10. The highest BCUT2D eigenvalue weighted by Gasteiger charge is 2.29. The van der Waals surface area contributed by atoms with E-state index in [0.29, 0.717) is 31.3 Å². The summed E-state index contributed by atoms with van der Waals surface area (Å²) in [6.45, 7) is 10.8. The monoisotopic (exact) mass is 778 g/mol. The van der Waals surface area contributed by atoms with Gasteiger partial charge in [-0.2, -0.15) is 0 Å². The van der Waals surface area contributed by atoms with E-state index in [-0.39, 0.29) is 0 Å². The second-order valence-electron chi connectivity index (χ2n) is 15.6. The van der Waals surface area contributed by atoms with Crippen LogP contribution in [0.25, 0.3) is 0 Å². The normalized spacial score (nSPS) is 18.9. The first-order valence-corrected chi connectivity index (χ1v) is 21.0. The van der Waals surface area contributed by atoms with E-state index in [1.165, 1.54) is 37.1 Å². The van der Waals surface area contributed by atoms with Crippen LogP contribution in [0.15, 0.2) is 60.9 Å². The van der Waals surface area contributed by atoms with Gasteiger partial charge in [-0.25, -0.2) is 19.9 Å². The van der Waals surface area contributed by atoms with Crippen LogP contribution in [0.4, 0.5) is 0 Å². The number of hydrogen-bond donors (Lipinski definition) is 1. The number of likely N-dealkylation sites (tertiary alicyclic amines) is 1. The zero-order valence-electron chi connectivity index (χ0n) is 34.5. The Labute approximate surface area is 339 Å². The number of aromatic nitrogens is 4. The Morgan fingerprint density at radius 3 is 1.77 bits per heavy atom. The van der Waals surface area contributed by atoms with Crippen LogP contribution >= 0.6 is 0 Å². The molecule has 2 aromatic heterocycles. The number of nitrogens with one attached hydrogen (secondary N) is 1. The second-order valence-corrected chi connectivity index (χ2v) is 15.6. The summed E-state index contributed by atoms with van der Waals surface area (Å²) in [6.07, 6.45) is 15.9. The minimum atomic E-state index is 0.294. The molecule has 2 saturated heterocycles. The highest BCUT2D eigenvalue weighted by molar-refractivity contribution is 5.56. The summed E-state index contributed by atoms with van der Waals surface area (Å²) in [7, 11) is 3.42. The minimum Gasteiger partial charge on any atom is -0.496 e. The number of hydrogen-bond acceptors (Lipinski definition) is 11. The Hall–Kier alpha value is -4.29. The maximum absolute atomic E-state index is 9.57. The van der Waals surface area contributed by atoms with Crippen molar-refractivity contribution in [2.45, 2.75) is 103 Å². The summed E-state index contributed by atoms with van der Waals surface area (Å²) in [4.78, 5) is 30.1. The number of aldehydes is 1. The average molecular weight is 779 g/mol. The van der Waals surface area contributed by atoms with Crippen molar-refractivity contribution in [3.05, 3.63) is 106 Å². The molecule has 4 heterocycles. The molecule has 0 amide bonds. The number of ether oxygens (including phenoxy) is 4. The van der Waals surface area contributed by atoms with Crippen molar-refractivity contribution in [3.8, 4) is 11.5 Å². The van der Waals surface area contributed by atoms with E-state index in [1.807, 2.05) is 36.7 Å². The SMILES string of the molecule is CCc1ccnc(Cc2ccc(OC)c(COC3CCN(CC4CC4)C3)c2)n1.CCc1ccnc(Cc2ccc(OC)c(COC3CCNC3)c2)n1.O=CC1CC1. The van der Waals surface area contributed by atoms with Gasteiger partial charge >= 0.3 is 0 Å². The molecule has 0 spiro atoms. The molecule has 11 heteroatoms. The number of carbonyl (C=O) groups excluding carboxylic acids is 1. The molecule has 1 N–H and O–H groups in total. The summed E-state index contributed by atoms with van der Waals surface area (Å²) in [5, 5.41) is 3.32. The lowest BCUT2D eigenvalue weighted by atomic mass is 10.1. The van der Waals surface area contributed by atoms with E-state index in [0.717, 1.165) is 129 Å². The topological polar surface area (TPSA) is 121 Å². The van der Waals surface area contributed by atoms with E-state index in [9.17, 15) is 4.79 Å². The molecule has 11 nitrogen and oxygen atoms in total. The molecule has 306 valence electrons. The van der Waals surface area contributed by atoms with E-state index >= 15 is 0 Å². The maximum atomic E-state index is 9.57. The average Bonchev–Trinajstić information content (AvgIpc) is 4.16. The van der Waals surface area contributed by atoms with Crippen LogP contribution in [0, 0.1) is 11.8 Å². The van der Waals surface area contributed by atoms with Crippen LogP contribution in [-0.2, 0) is 53.2 Å². The Morgan fingerprint density at radius 2 is 1.32 bits per heavy atom. The van der Waals surface area contributed by atoms with Crippen molar-refractivity contribution >= 4 is 6.29 Å². The maximum Gasteiger partial charge on any atom is 0.132 e. The lowest BCUT2D eigenvalue weighted by Crippen LogP contribution is -2.25. The highest BCUT2D eigenvalue weighted by Crippen LogP contribution is 2.31. The van der Waals surface area contributed by atoms with Crippen LogP contribution < -0.4 is 14.8 Å². The standard InChI is InChI=1S/C23H31N3O2.C19H25N3O2.C4H6O/c1-3-20-8-10-24-23(25-20)13-18-6-7-22(27-2)19(12-18)16-28-21-9-11-26(15-21)14-17-4-5-17;1-3-16-6-9-21-19(22-16)11-14-4-5-18(23-2)15(10-14)13-24-17-7-8-20-12-17;5-3-4-1-2-4/h6-8,10,12,17,21H,3-5,9,11,13-16H2,1-2H3;4-6,9-10,17,20H,3,7-8,11-13H2,1-2H3;3-4H,1-2H2. The fourth-order valence-corrected chi connectivity index (χ4v) is 7.10. The molecule has 2 saturated carbocycles. The van der Waals surface area contributed by atoms with Gasteiger partial charge in [0.05, 0.1) is 39.6 Å². The quantitative estimate of drug-likeness (QED) is 0.115. The summed E-state index contributed by atoms with van der Waals surface area (Å²) >= 11 is 0. The van der Waals surface area contributed by atoms with Gasteiger partial charge in [0.15, 0.2) is 0 Å². The molecule has 4 aliphatic rings. The number of carbonyl (C=O) groups is 1.